The molecule has 160 valence electrons. The van der Waals surface area contributed by atoms with E-state index in [-0.39, 0.29) is 18.1 Å². The second-order valence-corrected chi connectivity index (χ2v) is 8.98. The number of benzene rings is 1. The Labute approximate surface area is 178 Å². The highest BCUT2D eigenvalue weighted by atomic mass is 32.1. The third-order valence-corrected chi connectivity index (χ3v) is 6.75. The highest BCUT2D eigenvalue weighted by Gasteiger charge is 2.52. The average molecular weight is 431 g/mol. The first-order valence-electron chi connectivity index (χ1n) is 10.2. The van der Waals surface area contributed by atoms with Crippen molar-refractivity contribution in [1.82, 2.24) is 15.1 Å². The highest BCUT2D eigenvalue weighted by molar-refractivity contribution is 7.12. The lowest BCUT2D eigenvalue weighted by atomic mass is 9.94. The molecule has 1 amide bonds. The van der Waals surface area contributed by atoms with Crippen molar-refractivity contribution in [3.63, 3.8) is 0 Å². The van der Waals surface area contributed by atoms with E-state index in [0.29, 0.717) is 24.8 Å². The molecule has 0 saturated heterocycles. The molecule has 0 bridgehead atoms. The van der Waals surface area contributed by atoms with Crippen molar-refractivity contribution in [3.8, 4) is 10.6 Å². The topological polar surface area (TPSA) is 106 Å². The Balaban J connectivity index is 1.48. The summed E-state index contributed by atoms with van der Waals surface area (Å²) < 4.78 is 6.54. The van der Waals surface area contributed by atoms with Crippen LogP contribution < -0.4 is 10.1 Å². The normalized spacial score (nSPS) is 23.1. The van der Waals surface area contributed by atoms with Gasteiger partial charge in [0.25, 0.3) is 5.91 Å². The summed E-state index contributed by atoms with van der Waals surface area (Å²) in [6, 6.07) is 7.28. The lowest BCUT2D eigenvalue weighted by Gasteiger charge is -2.22. The van der Waals surface area contributed by atoms with E-state index < -0.39 is 11.5 Å². The number of amides is 1. The van der Waals surface area contributed by atoms with Crippen LogP contribution >= 0.6 is 11.3 Å². The van der Waals surface area contributed by atoms with Crippen molar-refractivity contribution in [2.75, 3.05) is 7.11 Å². The van der Waals surface area contributed by atoms with Gasteiger partial charge in [-0.25, -0.2) is 9.48 Å². The van der Waals surface area contributed by atoms with Gasteiger partial charge in [0, 0.05) is 18.2 Å². The Hall–Kier alpha value is -2.52. The molecule has 2 aromatic rings. The summed E-state index contributed by atoms with van der Waals surface area (Å²) in [4.78, 5) is 29.9. The fourth-order valence-corrected chi connectivity index (χ4v) is 4.71. The molecule has 8 nitrogen and oxygen atoms in total. The predicted octanol–water partition coefficient (Wildman–Crippen LogP) is 1.79. The maximum Gasteiger partial charge on any atom is 0.331 e. The number of aliphatic hydroxyl groups is 1. The number of nitrogens with zero attached hydrogens (tertiary/aromatic N) is 3. The third kappa shape index (κ3) is 4.32. The van der Waals surface area contributed by atoms with Gasteiger partial charge in [-0.3, -0.25) is 9.79 Å². The van der Waals surface area contributed by atoms with Crippen LogP contribution in [-0.4, -0.2) is 51.6 Å². The van der Waals surface area contributed by atoms with E-state index in [2.05, 4.69) is 10.4 Å². The van der Waals surface area contributed by atoms with Gasteiger partial charge in [-0.05, 0) is 50.7 Å². The zero-order chi connectivity index (χ0) is 21.3. The first-order valence-corrected chi connectivity index (χ1v) is 11.0. The number of carbonyl (C=O) groups excluding carboxylic acids is 2. The van der Waals surface area contributed by atoms with E-state index in [4.69, 9.17) is 9.73 Å². The van der Waals surface area contributed by atoms with Gasteiger partial charge in [-0.2, -0.15) is 5.10 Å². The van der Waals surface area contributed by atoms with Crippen molar-refractivity contribution in [1.29, 1.82) is 0 Å². The molecule has 2 fully saturated rings. The van der Waals surface area contributed by atoms with Gasteiger partial charge in [0.1, 0.15) is 10.5 Å². The number of methoxy groups -OCH3 is 1. The Morgan fingerprint density at radius 2 is 2.03 bits per heavy atom. The summed E-state index contributed by atoms with van der Waals surface area (Å²) in [5, 5.41) is 18.0. The molecular weight excluding hydrogens is 404 g/mol. The minimum Gasteiger partial charge on any atom is -0.467 e. The van der Waals surface area contributed by atoms with Gasteiger partial charge in [0.2, 0.25) is 4.80 Å². The average Bonchev–Trinajstić information content (AvgIpc) is 3.43. The molecular formula is C21H26N4O4S. The number of rotatable bonds is 5. The number of aromatic nitrogens is 2. The summed E-state index contributed by atoms with van der Waals surface area (Å²) in [5.41, 5.74) is 0.513. The Morgan fingerprint density at radius 1 is 1.30 bits per heavy atom. The summed E-state index contributed by atoms with van der Waals surface area (Å²) >= 11 is 1.49. The first kappa shape index (κ1) is 20.7. The van der Waals surface area contributed by atoms with Gasteiger partial charge in [0.05, 0.1) is 19.3 Å². The molecule has 2 aliphatic carbocycles. The lowest BCUT2D eigenvalue weighted by Crippen LogP contribution is -2.43. The van der Waals surface area contributed by atoms with Crippen LogP contribution in [-0.2, 0) is 16.6 Å². The second kappa shape index (κ2) is 8.31. The molecule has 1 aromatic carbocycles. The molecule has 30 heavy (non-hydrogen) atoms. The molecule has 2 saturated carbocycles. The van der Waals surface area contributed by atoms with Crippen LogP contribution in [0, 0.1) is 0 Å². The van der Waals surface area contributed by atoms with E-state index >= 15 is 0 Å². The minimum atomic E-state index is -0.864. The van der Waals surface area contributed by atoms with Crippen LogP contribution in [0.2, 0.25) is 0 Å². The molecule has 2 atom stereocenters. The maximum absolute atomic E-state index is 12.5. The number of hydrogen-bond donors (Lipinski definition) is 2. The summed E-state index contributed by atoms with van der Waals surface area (Å²) in [5.74, 6) is -0.690. The van der Waals surface area contributed by atoms with Crippen molar-refractivity contribution < 1.29 is 19.4 Å². The van der Waals surface area contributed by atoms with Crippen LogP contribution in [0.4, 0.5) is 0 Å². The zero-order valence-electron chi connectivity index (χ0n) is 17.1. The molecule has 1 aromatic heterocycles. The predicted molar refractivity (Wildman–Crippen MR) is 112 cm³/mol. The Morgan fingerprint density at radius 3 is 2.67 bits per heavy atom. The molecule has 2 aliphatic rings. The number of aryl methyl sites for hydroxylation is 1. The highest BCUT2D eigenvalue weighted by Crippen LogP contribution is 2.36. The standard InChI is InChI=1S/C21H26N4O4S/c1-25-20(22-15-4-3-5-16(26)12-15)30-18(24-25)14-8-6-13(7-9-14)17(27)23-21(10-11-21)19(28)29-2/h6-9,15-16,26H,3-5,10-12H2,1-2H3,(H,23,27). The van der Waals surface area contributed by atoms with E-state index in [1.54, 1.807) is 16.8 Å². The van der Waals surface area contributed by atoms with Gasteiger partial charge < -0.3 is 15.2 Å². The smallest absolute Gasteiger partial charge is 0.331 e. The maximum atomic E-state index is 12.5. The number of esters is 1. The van der Waals surface area contributed by atoms with E-state index in [1.807, 2.05) is 19.2 Å². The number of aliphatic hydroxyl groups excluding tert-OH is 1. The minimum absolute atomic E-state index is 0.129. The van der Waals surface area contributed by atoms with Crippen LogP contribution in [0.1, 0.15) is 48.9 Å². The van der Waals surface area contributed by atoms with Crippen LogP contribution in [0.15, 0.2) is 29.3 Å². The number of nitrogens with one attached hydrogen (secondary N) is 1. The van der Waals surface area contributed by atoms with Crippen molar-refractivity contribution in [2.45, 2.75) is 56.2 Å². The number of carbonyl (C=O) groups is 2. The third-order valence-electron chi connectivity index (χ3n) is 5.69. The van der Waals surface area contributed by atoms with Crippen LogP contribution in [0.3, 0.4) is 0 Å². The molecule has 4 rings (SSSR count). The quantitative estimate of drug-likeness (QED) is 0.704. The fraction of sp³-hybridized carbons (Fsp3) is 0.524. The summed E-state index contributed by atoms with van der Waals surface area (Å²) in [6.45, 7) is 0. The number of hydrogen-bond acceptors (Lipinski definition) is 7. The molecule has 9 heteroatoms. The van der Waals surface area contributed by atoms with Gasteiger partial charge >= 0.3 is 5.97 Å². The first-order chi connectivity index (χ1) is 14.4. The Bertz CT molecular complexity index is 1010. The molecule has 0 radical (unpaired) electrons. The second-order valence-electron chi connectivity index (χ2n) is 8.02. The lowest BCUT2D eigenvalue weighted by molar-refractivity contribution is -0.144. The molecule has 0 spiro atoms. The van der Waals surface area contributed by atoms with Crippen molar-refractivity contribution in [3.05, 3.63) is 34.6 Å². The fourth-order valence-electron chi connectivity index (χ4n) is 3.75. The van der Waals surface area contributed by atoms with E-state index in [1.165, 1.54) is 18.4 Å². The van der Waals surface area contributed by atoms with Gasteiger partial charge in [0.15, 0.2) is 0 Å². The molecule has 2 unspecified atom stereocenters. The summed E-state index contributed by atoms with van der Waals surface area (Å²) in [7, 11) is 3.19. The summed E-state index contributed by atoms with van der Waals surface area (Å²) in [6.07, 6.45) is 4.47. The largest absolute Gasteiger partial charge is 0.467 e. The zero-order valence-corrected chi connectivity index (χ0v) is 17.9. The monoisotopic (exact) mass is 430 g/mol. The molecule has 2 N–H and O–H groups in total. The van der Waals surface area contributed by atoms with Crippen LogP contribution in [0.5, 0.6) is 0 Å². The van der Waals surface area contributed by atoms with Crippen LogP contribution in [0.25, 0.3) is 10.6 Å². The molecule has 1 heterocycles. The van der Waals surface area contributed by atoms with Gasteiger partial charge in [-0.15, -0.1) is 0 Å². The number of ether oxygens (including phenoxy) is 1. The van der Waals surface area contributed by atoms with E-state index in [0.717, 1.165) is 34.6 Å². The van der Waals surface area contributed by atoms with Gasteiger partial charge in [-0.1, -0.05) is 23.5 Å². The molecule has 0 aliphatic heterocycles. The Kier molecular flexibility index (Phi) is 5.75. The van der Waals surface area contributed by atoms with E-state index in [9.17, 15) is 14.7 Å². The van der Waals surface area contributed by atoms with Crippen molar-refractivity contribution in [2.24, 2.45) is 12.0 Å². The SMILES string of the molecule is COC(=O)C1(NC(=O)c2ccc(-c3nn(C)c(=NC4CCCC(O)C4)s3)cc2)CC1. The van der Waals surface area contributed by atoms with Crippen molar-refractivity contribution >= 4 is 23.2 Å².